The molecule has 0 atom stereocenters. The van der Waals surface area contributed by atoms with Crippen LogP contribution in [0, 0.1) is 0 Å². The number of hydrogen-bond donors (Lipinski definition) is 1. The summed E-state index contributed by atoms with van der Waals surface area (Å²) in [5.74, 6) is 0.645. The lowest BCUT2D eigenvalue weighted by Gasteiger charge is -2.05. The number of rotatable bonds is 7. The molecule has 1 heterocycles. The smallest absolute Gasteiger partial charge is 0.214 e. The zero-order valence-electron chi connectivity index (χ0n) is 10.9. The van der Waals surface area contributed by atoms with E-state index >= 15 is 0 Å². The van der Waals surface area contributed by atoms with Crippen molar-refractivity contribution >= 4 is 21.8 Å². The van der Waals surface area contributed by atoms with Gasteiger partial charge in [-0.05, 0) is 29.5 Å². The molecular formula is C11H15N5O2S2. The Hall–Kier alpha value is -1.45. The Balaban J connectivity index is 1.94. The third-order valence-corrected chi connectivity index (χ3v) is 4.80. The van der Waals surface area contributed by atoms with E-state index in [9.17, 15) is 8.42 Å². The third-order valence-electron chi connectivity index (χ3n) is 2.48. The lowest BCUT2D eigenvalue weighted by molar-refractivity contribution is 0.585. The Morgan fingerprint density at radius 1 is 1.30 bits per heavy atom. The maximum atomic E-state index is 11.3. The molecule has 0 fully saturated rings. The molecule has 1 aromatic carbocycles. The summed E-state index contributed by atoms with van der Waals surface area (Å²) >= 11 is 1.40. The van der Waals surface area contributed by atoms with Crippen molar-refractivity contribution in [2.24, 2.45) is 0 Å². The molecular weight excluding hydrogens is 298 g/mol. The van der Waals surface area contributed by atoms with E-state index < -0.39 is 10.0 Å². The zero-order chi connectivity index (χ0) is 14.4. The lowest BCUT2D eigenvalue weighted by atomic mass is 10.3. The molecule has 0 aliphatic rings. The fourth-order valence-corrected chi connectivity index (χ4v) is 2.93. The van der Waals surface area contributed by atoms with Gasteiger partial charge < -0.3 is 0 Å². The maximum Gasteiger partial charge on any atom is 0.214 e. The van der Waals surface area contributed by atoms with Crippen molar-refractivity contribution in [2.45, 2.75) is 12.1 Å². The molecule has 0 saturated carbocycles. The first-order valence-electron chi connectivity index (χ1n) is 6.06. The molecule has 2 rings (SSSR count). The quantitative estimate of drug-likeness (QED) is 0.597. The summed E-state index contributed by atoms with van der Waals surface area (Å²) in [6, 6.07) is 9.53. The second-order valence-corrected chi connectivity index (χ2v) is 7.01. The van der Waals surface area contributed by atoms with Gasteiger partial charge in [-0.1, -0.05) is 30.0 Å². The van der Waals surface area contributed by atoms with Gasteiger partial charge >= 0.3 is 0 Å². The van der Waals surface area contributed by atoms with Crippen molar-refractivity contribution in [1.29, 1.82) is 0 Å². The van der Waals surface area contributed by atoms with Crippen LogP contribution in [0.4, 0.5) is 0 Å². The van der Waals surface area contributed by atoms with E-state index in [-0.39, 0.29) is 5.75 Å². The molecule has 1 aromatic heterocycles. The molecule has 1 N–H and O–H groups in total. The Bertz CT molecular complexity index is 642. The van der Waals surface area contributed by atoms with Crippen molar-refractivity contribution in [1.82, 2.24) is 24.9 Å². The fraction of sp³-hybridized carbons (Fsp3) is 0.364. The second-order valence-electron chi connectivity index (χ2n) is 3.86. The van der Waals surface area contributed by atoms with E-state index in [1.54, 1.807) is 11.6 Å². The summed E-state index contributed by atoms with van der Waals surface area (Å²) in [5, 5.41) is 12.1. The summed E-state index contributed by atoms with van der Waals surface area (Å²) in [4.78, 5) is 0. The highest BCUT2D eigenvalue weighted by atomic mass is 32.2. The van der Waals surface area contributed by atoms with Gasteiger partial charge in [0, 0.05) is 12.3 Å². The number of nitrogens with zero attached hydrogens (tertiary/aromatic N) is 4. The Kier molecular flexibility index (Phi) is 5.10. The van der Waals surface area contributed by atoms with Crippen LogP contribution in [0.3, 0.4) is 0 Å². The largest absolute Gasteiger partial charge is 0.214 e. The van der Waals surface area contributed by atoms with Crippen molar-refractivity contribution < 1.29 is 8.42 Å². The minimum Gasteiger partial charge on any atom is -0.214 e. The normalized spacial score (nSPS) is 11.7. The predicted octanol–water partition coefficient (Wildman–Crippen LogP) is 0.694. The number of aromatic nitrogens is 4. The minimum absolute atomic E-state index is 0.0828. The van der Waals surface area contributed by atoms with E-state index in [0.29, 0.717) is 17.5 Å². The molecule has 2 aromatic rings. The van der Waals surface area contributed by atoms with Crippen LogP contribution in [-0.4, -0.2) is 46.7 Å². The lowest BCUT2D eigenvalue weighted by Crippen LogP contribution is -2.27. The molecule has 0 aliphatic heterocycles. The fourth-order valence-electron chi connectivity index (χ4n) is 1.44. The van der Waals surface area contributed by atoms with Crippen LogP contribution in [0.25, 0.3) is 5.69 Å². The van der Waals surface area contributed by atoms with E-state index in [0.717, 1.165) is 5.69 Å². The van der Waals surface area contributed by atoms with Crippen LogP contribution < -0.4 is 4.72 Å². The molecule has 0 aliphatic carbocycles. The molecule has 20 heavy (non-hydrogen) atoms. The molecule has 0 bridgehead atoms. The van der Waals surface area contributed by atoms with Gasteiger partial charge in [0.15, 0.2) is 0 Å². The van der Waals surface area contributed by atoms with Gasteiger partial charge in [-0.15, -0.1) is 5.10 Å². The van der Waals surface area contributed by atoms with Gasteiger partial charge in [0.05, 0.1) is 11.4 Å². The molecule has 0 spiro atoms. The minimum atomic E-state index is -3.14. The predicted molar refractivity (Wildman–Crippen MR) is 77.3 cm³/mol. The van der Waals surface area contributed by atoms with Crippen LogP contribution in [-0.2, 0) is 10.0 Å². The molecule has 0 amide bonds. The molecule has 0 radical (unpaired) electrons. The number of para-hydroxylation sites is 1. The monoisotopic (exact) mass is 313 g/mol. The maximum absolute atomic E-state index is 11.3. The number of nitrogens with one attached hydrogen (secondary N) is 1. The summed E-state index contributed by atoms with van der Waals surface area (Å²) in [7, 11) is -3.14. The molecule has 0 saturated heterocycles. The van der Waals surface area contributed by atoms with Gasteiger partial charge in [0.2, 0.25) is 15.2 Å². The summed E-state index contributed by atoms with van der Waals surface area (Å²) in [6.07, 6.45) is 0. The van der Waals surface area contributed by atoms with Gasteiger partial charge in [-0.3, -0.25) is 0 Å². The standard InChI is InChI=1S/C11H15N5O2S2/c1-2-20(17,18)12-8-9-19-11-13-14-15-16(11)10-6-4-3-5-7-10/h3-7,12H,2,8-9H2,1H3. The van der Waals surface area contributed by atoms with Crippen LogP contribution >= 0.6 is 11.8 Å². The van der Waals surface area contributed by atoms with E-state index in [1.165, 1.54) is 11.8 Å². The van der Waals surface area contributed by atoms with Gasteiger partial charge in [0.25, 0.3) is 0 Å². The Labute approximate surface area is 121 Å². The number of benzene rings is 1. The SMILES string of the molecule is CCS(=O)(=O)NCCSc1nnnn1-c1ccccc1. The zero-order valence-corrected chi connectivity index (χ0v) is 12.6. The van der Waals surface area contributed by atoms with E-state index in [2.05, 4.69) is 20.2 Å². The van der Waals surface area contributed by atoms with E-state index in [4.69, 9.17) is 0 Å². The van der Waals surface area contributed by atoms with Gasteiger partial charge in [-0.2, -0.15) is 4.68 Å². The number of thioether (sulfide) groups is 1. The second kappa shape index (κ2) is 6.82. The van der Waals surface area contributed by atoms with Crippen LogP contribution in [0.5, 0.6) is 0 Å². The molecule has 108 valence electrons. The summed E-state index contributed by atoms with van der Waals surface area (Å²) < 4.78 is 26.7. The third kappa shape index (κ3) is 4.02. The Morgan fingerprint density at radius 3 is 2.75 bits per heavy atom. The topological polar surface area (TPSA) is 89.8 Å². The highest BCUT2D eigenvalue weighted by Crippen LogP contribution is 2.17. The average molecular weight is 313 g/mol. The first kappa shape index (κ1) is 14.9. The summed E-state index contributed by atoms with van der Waals surface area (Å²) in [5.41, 5.74) is 0.870. The number of tetrazole rings is 1. The van der Waals surface area contributed by atoms with Crippen molar-refractivity contribution in [3.63, 3.8) is 0 Å². The van der Waals surface area contributed by atoms with Crippen LogP contribution in [0.15, 0.2) is 35.5 Å². The average Bonchev–Trinajstić information content (AvgIpc) is 2.93. The molecule has 7 nitrogen and oxygen atoms in total. The summed E-state index contributed by atoms with van der Waals surface area (Å²) in [6.45, 7) is 1.95. The van der Waals surface area contributed by atoms with Crippen molar-refractivity contribution in [3.05, 3.63) is 30.3 Å². The number of hydrogen-bond acceptors (Lipinski definition) is 6. The highest BCUT2D eigenvalue weighted by molar-refractivity contribution is 7.99. The van der Waals surface area contributed by atoms with E-state index in [1.807, 2.05) is 30.3 Å². The van der Waals surface area contributed by atoms with Crippen molar-refractivity contribution in [2.75, 3.05) is 18.1 Å². The first-order chi connectivity index (χ1) is 9.62. The van der Waals surface area contributed by atoms with Crippen molar-refractivity contribution in [3.8, 4) is 5.69 Å². The molecule has 9 heteroatoms. The van der Waals surface area contributed by atoms with Gasteiger partial charge in [0.1, 0.15) is 0 Å². The van der Waals surface area contributed by atoms with Crippen LogP contribution in [0.1, 0.15) is 6.92 Å². The first-order valence-corrected chi connectivity index (χ1v) is 8.70. The highest BCUT2D eigenvalue weighted by Gasteiger charge is 2.09. The Morgan fingerprint density at radius 2 is 2.05 bits per heavy atom. The van der Waals surface area contributed by atoms with Crippen LogP contribution in [0.2, 0.25) is 0 Å². The van der Waals surface area contributed by atoms with Gasteiger partial charge in [-0.25, -0.2) is 13.1 Å². The number of sulfonamides is 1. The molecule has 0 unspecified atom stereocenters.